The van der Waals surface area contributed by atoms with E-state index in [2.05, 4.69) is 38.1 Å². The van der Waals surface area contributed by atoms with Crippen LogP contribution in [0.2, 0.25) is 0 Å². The molecule has 4 aromatic carbocycles. The third kappa shape index (κ3) is 5.44. The summed E-state index contributed by atoms with van der Waals surface area (Å²) in [5, 5.41) is 0. The zero-order chi connectivity index (χ0) is 23.9. The molecule has 0 aromatic heterocycles. The quantitative estimate of drug-likeness (QED) is 0.278. The van der Waals surface area contributed by atoms with Crippen LogP contribution in [0.3, 0.4) is 0 Å². The lowest BCUT2D eigenvalue weighted by Crippen LogP contribution is -2.31. The third-order valence-corrected chi connectivity index (χ3v) is 5.87. The number of hydrogen-bond acceptors (Lipinski definition) is 2. The number of rotatable bonds is 7. The molecule has 3 heteroatoms. The normalized spacial score (nSPS) is 10.9. The Labute approximate surface area is 202 Å². The Kier molecular flexibility index (Phi) is 7.24. The Morgan fingerprint density at radius 1 is 0.824 bits per heavy atom. The Hall–Kier alpha value is -4.11. The molecule has 0 heterocycles. The van der Waals surface area contributed by atoms with Crippen molar-refractivity contribution < 1.29 is 9.53 Å². The minimum Gasteiger partial charge on any atom is -0.497 e. The predicted octanol–water partition coefficient (Wildman–Crippen LogP) is 7.33. The van der Waals surface area contributed by atoms with Crippen LogP contribution >= 0.6 is 0 Å². The minimum atomic E-state index is -0.0168. The largest absolute Gasteiger partial charge is 0.497 e. The van der Waals surface area contributed by atoms with E-state index in [0.29, 0.717) is 12.1 Å². The van der Waals surface area contributed by atoms with Crippen LogP contribution in [0.5, 0.6) is 5.75 Å². The number of carbonyl (C=O) groups is 1. The molecular formula is C31H29NO2. The number of anilines is 1. The highest BCUT2D eigenvalue weighted by atomic mass is 16.5. The number of methoxy groups -OCH3 is 1. The van der Waals surface area contributed by atoms with Gasteiger partial charge in [-0.3, -0.25) is 4.79 Å². The number of nitrogens with zero attached hydrogens (tertiary/aromatic N) is 1. The van der Waals surface area contributed by atoms with Crippen molar-refractivity contribution in [1.82, 2.24) is 0 Å². The first-order chi connectivity index (χ1) is 16.5. The number of para-hydroxylation sites is 1. The van der Waals surface area contributed by atoms with Gasteiger partial charge in [-0.25, -0.2) is 0 Å². The molecule has 0 aliphatic heterocycles. The van der Waals surface area contributed by atoms with E-state index in [1.807, 2.05) is 89.8 Å². The van der Waals surface area contributed by atoms with Crippen LogP contribution in [0.1, 0.15) is 38.2 Å². The summed E-state index contributed by atoms with van der Waals surface area (Å²) in [5.41, 5.74) is 7.23. The maximum atomic E-state index is 13.6. The molecule has 0 spiro atoms. The lowest BCUT2D eigenvalue weighted by Gasteiger charge is -2.25. The molecule has 0 fully saturated rings. The Bertz CT molecular complexity index is 1280. The first kappa shape index (κ1) is 23.1. The van der Waals surface area contributed by atoms with Crippen molar-refractivity contribution in [3.63, 3.8) is 0 Å². The Morgan fingerprint density at radius 3 is 2.12 bits per heavy atom. The maximum Gasteiger partial charge on any atom is 0.258 e. The molecule has 0 saturated carbocycles. The molecule has 0 aliphatic rings. The van der Waals surface area contributed by atoms with Gasteiger partial charge in [0.05, 0.1) is 13.7 Å². The molecule has 0 saturated heterocycles. The van der Waals surface area contributed by atoms with Crippen molar-refractivity contribution in [2.45, 2.75) is 20.4 Å². The fourth-order valence-electron chi connectivity index (χ4n) is 4.08. The van der Waals surface area contributed by atoms with Gasteiger partial charge in [0, 0.05) is 11.3 Å². The minimum absolute atomic E-state index is 0.0168. The van der Waals surface area contributed by atoms with Crippen molar-refractivity contribution >= 4 is 23.7 Å². The molecule has 170 valence electrons. The van der Waals surface area contributed by atoms with E-state index >= 15 is 0 Å². The molecule has 4 rings (SSSR count). The van der Waals surface area contributed by atoms with E-state index in [9.17, 15) is 4.79 Å². The van der Waals surface area contributed by atoms with Gasteiger partial charge < -0.3 is 9.64 Å². The number of benzene rings is 4. The fraction of sp³-hybridized carbons (Fsp3) is 0.129. The summed E-state index contributed by atoms with van der Waals surface area (Å²) in [6.07, 6.45) is 4.23. The van der Waals surface area contributed by atoms with Crippen molar-refractivity contribution in [1.29, 1.82) is 0 Å². The molecule has 1 amide bonds. The average molecular weight is 448 g/mol. The maximum absolute atomic E-state index is 13.6. The number of aryl methyl sites for hydroxylation is 2. The van der Waals surface area contributed by atoms with Gasteiger partial charge in [0.25, 0.3) is 5.91 Å². The summed E-state index contributed by atoms with van der Waals surface area (Å²) in [6, 6.07) is 31.7. The van der Waals surface area contributed by atoms with Gasteiger partial charge in [-0.05, 0) is 72.5 Å². The highest BCUT2D eigenvalue weighted by molar-refractivity contribution is 6.06. The smallest absolute Gasteiger partial charge is 0.258 e. The summed E-state index contributed by atoms with van der Waals surface area (Å²) in [4.78, 5) is 15.4. The number of ether oxygens (including phenoxy) is 1. The standard InChI is InChI=1S/C31H29NO2/c1-23-20-24(2)30(27(21-23)17-14-25-15-18-29(34-3)19-16-25)22-32(28-12-8-5-9-13-28)31(33)26-10-6-4-7-11-26/h4-21H,22H2,1-3H3/b17-14+. The monoisotopic (exact) mass is 447 g/mol. The van der Waals surface area contributed by atoms with Crippen molar-refractivity contribution in [3.8, 4) is 5.75 Å². The Balaban J connectivity index is 1.72. The van der Waals surface area contributed by atoms with Crippen LogP contribution in [-0.4, -0.2) is 13.0 Å². The molecule has 3 nitrogen and oxygen atoms in total. The zero-order valence-corrected chi connectivity index (χ0v) is 19.9. The van der Waals surface area contributed by atoms with Gasteiger partial charge in [0.15, 0.2) is 0 Å². The van der Waals surface area contributed by atoms with Gasteiger partial charge in [-0.15, -0.1) is 0 Å². The van der Waals surface area contributed by atoms with E-state index in [-0.39, 0.29) is 5.91 Å². The van der Waals surface area contributed by atoms with E-state index in [1.165, 1.54) is 5.56 Å². The average Bonchev–Trinajstić information content (AvgIpc) is 2.88. The fourth-order valence-corrected chi connectivity index (χ4v) is 4.08. The van der Waals surface area contributed by atoms with E-state index in [1.54, 1.807) is 7.11 Å². The molecule has 0 radical (unpaired) electrons. The van der Waals surface area contributed by atoms with Crippen LogP contribution in [0.4, 0.5) is 5.69 Å². The van der Waals surface area contributed by atoms with Gasteiger partial charge in [0.1, 0.15) is 5.75 Å². The predicted molar refractivity (Wildman–Crippen MR) is 141 cm³/mol. The lowest BCUT2D eigenvalue weighted by molar-refractivity contribution is 0.0985. The topological polar surface area (TPSA) is 29.5 Å². The molecule has 4 aromatic rings. The lowest BCUT2D eigenvalue weighted by atomic mass is 9.97. The highest BCUT2D eigenvalue weighted by Crippen LogP contribution is 2.26. The van der Waals surface area contributed by atoms with Crippen LogP contribution in [0.25, 0.3) is 12.2 Å². The highest BCUT2D eigenvalue weighted by Gasteiger charge is 2.20. The third-order valence-electron chi connectivity index (χ3n) is 5.87. The number of carbonyl (C=O) groups excluding carboxylic acids is 1. The zero-order valence-electron chi connectivity index (χ0n) is 19.9. The second-order valence-electron chi connectivity index (χ2n) is 8.35. The van der Waals surface area contributed by atoms with Crippen LogP contribution in [0.15, 0.2) is 97.1 Å². The summed E-state index contributed by atoms with van der Waals surface area (Å²) in [6.45, 7) is 4.70. The number of amides is 1. The molecule has 0 atom stereocenters. The Morgan fingerprint density at radius 2 is 1.47 bits per heavy atom. The van der Waals surface area contributed by atoms with E-state index in [0.717, 1.165) is 33.7 Å². The van der Waals surface area contributed by atoms with Crippen molar-refractivity contribution in [2.75, 3.05) is 12.0 Å². The van der Waals surface area contributed by atoms with Crippen molar-refractivity contribution in [3.05, 3.63) is 130 Å². The molecule has 0 N–H and O–H groups in total. The number of hydrogen-bond donors (Lipinski definition) is 0. The van der Waals surface area contributed by atoms with Crippen molar-refractivity contribution in [2.24, 2.45) is 0 Å². The SMILES string of the molecule is COc1ccc(/C=C/c2cc(C)cc(C)c2CN(C(=O)c2ccccc2)c2ccccc2)cc1. The van der Waals surface area contributed by atoms with Gasteiger partial charge >= 0.3 is 0 Å². The second kappa shape index (κ2) is 10.7. The molecule has 34 heavy (non-hydrogen) atoms. The van der Waals surface area contributed by atoms with Crippen LogP contribution in [0, 0.1) is 13.8 Å². The summed E-state index contributed by atoms with van der Waals surface area (Å²) < 4.78 is 5.27. The molecule has 0 aliphatic carbocycles. The van der Waals surface area contributed by atoms with Gasteiger partial charge in [0.2, 0.25) is 0 Å². The summed E-state index contributed by atoms with van der Waals surface area (Å²) >= 11 is 0. The second-order valence-corrected chi connectivity index (χ2v) is 8.35. The van der Waals surface area contributed by atoms with E-state index < -0.39 is 0 Å². The van der Waals surface area contributed by atoms with Crippen LogP contribution in [-0.2, 0) is 6.54 Å². The first-order valence-corrected chi connectivity index (χ1v) is 11.4. The first-order valence-electron chi connectivity index (χ1n) is 11.4. The molecular weight excluding hydrogens is 418 g/mol. The van der Waals surface area contributed by atoms with Crippen LogP contribution < -0.4 is 9.64 Å². The molecule has 0 bridgehead atoms. The van der Waals surface area contributed by atoms with Gasteiger partial charge in [-0.2, -0.15) is 0 Å². The molecule has 0 unspecified atom stereocenters. The summed E-state index contributed by atoms with van der Waals surface area (Å²) in [5.74, 6) is 0.819. The summed E-state index contributed by atoms with van der Waals surface area (Å²) in [7, 11) is 1.67. The van der Waals surface area contributed by atoms with Gasteiger partial charge in [-0.1, -0.05) is 78.4 Å². The van der Waals surface area contributed by atoms with E-state index in [4.69, 9.17) is 4.74 Å².